The van der Waals surface area contributed by atoms with E-state index in [2.05, 4.69) is 10.3 Å². The van der Waals surface area contributed by atoms with E-state index in [-0.39, 0.29) is 11.7 Å². The molecule has 0 aliphatic rings. The zero-order chi connectivity index (χ0) is 17.6. The predicted octanol–water partition coefficient (Wildman–Crippen LogP) is 5.48. The molecule has 0 saturated heterocycles. The summed E-state index contributed by atoms with van der Waals surface area (Å²) in [7, 11) is 0. The topological polar surface area (TPSA) is 41.5 Å². The summed E-state index contributed by atoms with van der Waals surface area (Å²) in [5.41, 5.74) is 2.50. The third kappa shape index (κ3) is 4.75. The molecule has 0 unspecified atom stereocenters. The monoisotopic (exact) mass is 352 g/mol. The molecular weight excluding hydrogens is 339 g/mol. The van der Waals surface area contributed by atoms with Gasteiger partial charge in [-0.05, 0) is 54.1 Å². The lowest BCUT2D eigenvalue weighted by atomic mass is 10.2. The number of hydrogen-bond donors (Lipinski definition) is 1. The van der Waals surface area contributed by atoms with Crippen LogP contribution in [0.3, 0.4) is 0 Å². The maximum Gasteiger partial charge on any atom is 0.255 e. The van der Waals surface area contributed by atoms with E-state index in [9.17, 15) is 9.18 Å². The second-order valence-corrected chi connectivity index (χ2v) is 5.76. The fourth-order valence-corrected chi connectivity index (χ4v) is 2.39. The van der Waals surface area contributed by atoms with Gasteiger partial charge in [0, 0.05) is 22.5 Å². The Labute approximate surface area is 149 Å². The van der Waals surface area contributed by atoms with E-state index in [4.69, 9.17) is 11.6 Å². The highest BCUT2D eigenvalue weighted by Gasteiger charge is 2.07. The summed E-state index contributed by atoms with van der Waals surface area (Å²) >= 11 is 5.91. The van der Waals surface area contributed by atoms with Gasteiger partial charge in [0.05, 0.1) is 5.69 Å². The quantitative estimate of drug-likeness (QED) is 0.620. The van der Waals surface area contributed by atoms with Crippen molar-refractivity contribution in [2.45, 2.75) is 0 Å². The molecule has 1 amide bonds. The zero-order valence-corrected chi connectivity index (χ0v) is 13.9. The summed E-state index contributed by atoms with van der Waals surface area (Å²) in [4.78, 5) is 16.7. The number of carbonyl (C=O) groups excluding carboxylic acids is 1. The number of halogens is 2. The molecule has 3 aromatic carbocycles. The first-order chi connectivity index (χ1) is 12.1. The Balaban J connectivity index is 1.74. The average molecular weight is 353 g/mol. The number of nitrogens with zero attached hydrogens (tertiary/aromatic N) is 1. The lowest BCUT2D eigenvalue weighted by molar-refractivity contribution is 0.102. The van der Waals surface area contributed by atoms with Crippen LogP contribution in [0.2, 0.25) is 5.02 Å². The third-order valence-electron chi connectivity index (χ3n) is 3.42. The van der Waals surface area contributed by atoms with Crippen LogP contribution in [0.5, 0.6) is 0 Å². The van der Waals surface area contributed by atoms with Crippen LogP contribution in [-0.2, 0) is 0 Å². The van der Waals surface area contributed by atoms with Crippen LogP contribution in [0.4, 0.5) is 15.8 Å². The minimum Gasteiger partial charge on any atom is -0.322 e. The Kier molecular flexibility index (Phi) is 5.21. The molecule has 0 aliphatic carbocycles. The Morgan fingerprint density at radius 1 is 1.00 bits per heavy atom. The third-order valence-corrected chi connectivity index (χ3v) is 3.66. The van der Waals surface area contributed by atoms with E-state index in [1.165, 1.54) is 12.1 Å². The molecule has 0 atom stereocenters. The van der Waals surface area contributed by atoms with Gasteiger partial charge in [0.25, 0.3) is 5.91 Å². The minimum atomic E-state index is -0.295. The molecule has 0 fully saturated rings. The summed E-state index contributed by atoms with van der Waals surface area (Å²) in [5, 5.41) is 3.34. The van der Waals surface area contributed by atoms with Crippen molar-refractivity contribution >= 4 is 35.1 Å². The lowest BCUT2D eigenvalue weighted by Crippen LogP contribution is -2.11. The molecule has 0 aliphatic heterocycles. The van der Waals surface area contributed by atoms with Crippen molar-refractivity contribution in [1.29, 1.82) is 0 Å². The molecule has 3 aromatic rings. The Morgan fingerprint density at radius 3 is 2.52 bits per heavy atom. The van der Waals surface area contributed by atoms with Crippen LogP contribution in [0.25, 0.3) is 0 Å². The number of nitrogens with one attached hydrogen (secondary N) is 1. The smallest absolute Gasteiger partial charge is 0.255 e. The van der Waals surface area contributed by atoms with Gasteiger partial charge in [-0.25, -0.2) is 4.39 Å². The summed E-state index contributed by atoms with van der Waals surface area (Å²) in [6, 6.07) is 19.9. The van der Waals surface area contributed by atoms with Crippen molar-refractivity contribution in [3.05, 3.63) is 94.8 Å². The fourth-order valence-electron chi connectivity index (χ4n) is 2.19. The van der Waals surface area contributed by atoms with Gasteiger partial charge in [-0.15, -0.1) is 0 Å². The first-order valence-corrected chi connectivity index (χ1v) is 7.94. The summed E-state index contributed by atoms with van der Waals surface area (Å²) in [6.07, 6.45) is 1.62. The van der Waals surface area contributed by atoms with E-state index in [1.807, 2.05) is 0 Å². The van der Waals surface area contributed by atoms with Crippen LogP contribution < -0.4 is 5.32 Å². The van der Waals surface area contributed by atoms with Crippen LogP contribution in [0, 0.1) is 5.82 Å². The second-order valence-electron chi connectivity index (χ2n) is 5.32. The minimum absolute atomic E-state index is 0.249. The maximum absolute atomic E-state index is 12.9. The number of amides is 1. The van der Waals surface area contributed by atoms with Gasteiger partial charge in [-0.3, -0.25) is 9.79 Å². The highest BCUT2D eigenvalue weighted by Crippen LogP contribution is 2.18. The van der Waals surface area contributed by atoms with E-state index in [1.54, 1.807) is 66.9 Å². The van der Waals surface area contributed by atoms with Gasteiger partial charge in [0.15, 0.2) is 0 Å². The van der Waals surface area contributed by atoms with Gasteiger partial charge in [-0.2, -0.15) is 0 Å². The van der Waals surface area contributed by atoms with Crippen LogP contribution in [0.15, 0.2) is 77.8 Å². The van der Waals surface area contributed by atoms with Crippen molar-refractivity contribution < 1.29 is 9.18 Å². The standard InChI is InChI=1S/C20H14ClFN2O/c21-16-4-2-6-19(12-16)24-20(25)15-3-1-5-18(11-15)23-13-14-7-9-17(22)10-8-14/h1-13H,(H,24,25). The molecule has 1 N–H and O–H groups in total. The van der Waals surface area contributed by atoms with Gasteiger partial charge < -0.3 is 5.32 Å². The fraction of sp³-hybridized carbons (Fsp3) is 0. The molecule has 5 heteroatoms. The molecular formula is C20H14ClFN2O. The van der Waals surface area contributed by atoms with Crippen molar-refractivity contribution in [3.63, 3.8) is 0 Å². The van der Waals surface area contributed by atoms with E-state index in [0.29, 0.717) is 22.0 Å². The molecule has 25 heavy (non-hydrogen) atoms. The first kappa shape index (κ1) is 16.9. The highest BCUT2D eigenvalue weighted by molar-refractivity contribution is 6.31. The number of anilines is 1. The predicted molar refractivity (Wildman–Crippen MR) is 99.5 cm³/mol. The summed E-state index contributed by atoms with van der Waals surface area (Å²) in [6.45, 7) is 0. The Morgan fingerprint density at radius 2 is 1.76 bits per heavy atom. The average Bonchev–Trinajstić information content (AvgIpc) is 2.61. The molecule has 0 bridgehead atoms. The number of benzene rings is 3. The largest absolute Gasteiger partial charge is 0.322 e. The second kappa shape index (κ2) is 7.73. The van der Waals surface area contributed by atoms with Crippen molar-refractivity contribution in [3.8, 4) is 0 Å². The lowest BCUT2D eigenvalue weighted by Gasteiger charge is -2.06. The molecule has 124 valence electrons. The van der Waals surface area contributed by atoms with Gasteiger partial charge in [-0.1, -0.05) is 35.9 Å². The zero-order valence-electron chi connectivity index (χ0n) is 13.1. The van der Waals surface area contributed by atoms with E-state index < -0.39 is 0 Å². The Bertz CT molecular complexity index is 923. The summed E-state index contributed by atoms with van der Waals surface area (Å²) in [5.74, 6) is -0.544. The SMILES string of the molecule is O=C(Nc1cccc(Cl)c1)c1cccc(N=Cc2ccc(F)cc2)c1. The van der Waals surface area contributed by atoms with E-state index >= 15 is 0 Å². The Hall–Kier alpha value is -2.98. The number of hydrogen-bond acceptors (Lipinski definition) is 2. The molecule has 3 nitrogen and oxygen atoms in total. The summed E-state index contributed by atoms with van der Waals surface area (Å²) < 4.78 is 12.9. The van der Waals surface area contributed by atoms with Gasteiger partial charge in [0.1, 0.15) is 5.82 Å². The van der Waals surface area contributed by atoms with Crippen LogP contribution in [0.1, 0.15) is 15.9 Å². The van der Waals surface area contributed by atoms with E-state index in [0.717, 1.165) is 5.56 Å². The normalized spacial score (nSPS) is 10.8. The van der Waals surface area contributed by atoms with Crippen LogP contribution in [-0.4, -0.2) is 12.1 Å². The molecule has 0 spiro atoms. The number of aliphatic imine (C=N–C) groups is 1. The maximum atomic E-state index is 12.9. The molecule has 0 radical (unpaired) electrons. The van der Waals surface area contributed by atoms with Crippen molar-refractivity contribution in [2.75, 3.05) is 5.32 Å². The van der Waals surface area contributed by atoms with Gasteiger partial charge >= 0.3 is 0 Å². The molecule has 0 saturated carbocycles. The molecule has 0 aromatic heterocycles. The molecule has 3 rings (SSSR count). The van der Waals surface area contributed by atoms with Crippen molar-refractivity contribution in [1.82, 2.24) is 0 Å². The molecule has 0 heterocycles. The number of carbonyl (C=O) groups is 1. The first-order valence-electron chi connectivity index (χ1n) is 7.57. The van der Waals surface area contributed by atoms with Gasteiger partial charge in [0.2, 0.25) is 0 Å². The van der Waals surface area contributed by atoms with Crippen molar-refractivity contribution in [2.24, 2.45) is 4.99 Å². The van der Waals surface area contributed by atoms with Crippen LogP contribution >= 0.6 is 11.6 Å². The number of rotatable bonds is 4. The highest BCUT2D eigenvalue weighted by atomic mass is 35.5.